The molecule has 5 heteroatoms. The molecule has 1 aliphatic rings. The summed E-state index contributed by atoms with van der Waals surface area (Å²) in [5, 5.41) is 43.8. The highest BCUT2D eigenvalue weighted by Crippen LogP contribution is 2.21. The van der Waals surface area contributed by atoms with Crippen LogP contribution in [0.15, 0.2) is 48.6 Å². The van der Waals surface area contributed by atoms with Gasteiger partial charge in [-0.15, -0.1) is 0 Å². The molecule has 92 valence electrons. The zero-order chi connectivity index (χ0) is 12.9. The minimum atomic E-state index is -2.07. The number of hydrogen-bond acceptors (Lipinski definition) is 5. The maximum atomic E-state index is 8.81. The van der Waals surface area contributed by atoms with E-state index >= 15 is 0 Å². The van der Waals surface area contributed by atoms with E-state index in [4.69, 9.17) is 25.5 Å². The number of aliphatic hydroxyl groups is 3. The smallest absolute Gasteiger partial charge is 0.213 e. The van der Waals surface area contributed by atoms with Gasteiger partial charge in [-0.1, -0.05) is 30.4 Å². The predicted octanol–water partition coefficient (Wildman–Crippen LogP) is 0.252. The van der Waals surface area contributed by atoms with Gasteiger partial charge in [0.05, 0.1) is 0 Å². The molecule has 0 aliphatic heterocycles. The zero-order valence-electron chi connectivity index (χ0n) is 8.93. The molecule has 2 rings (SSSR count). The van der Waals surface area contributed by atoms with Crippen LogP contribution < -0.4 is 0 Å². The van der Waals surface area contributed by atoms with Crippen molar-refractivity contribution >= 4 is 0 Å². The number of phenols is 2. The molecule has 17 heavy (non-hydrogen) atoms. The Morgan fingerprint density at radius 1 is 0.941 bits per heavy atom. The largest absolute Gasteiger partial charge is 0.504 e. The third kappa shape index (κ3) is 3.92. The van der Waals surface area contributed by atoms with Crippen LogP contribution in [0.5, 0.6) is 11.5 Å². The van der Waals surface area contributed by atoms with Crippen molar-refractivity contribution in [2.45, 2.75) is 11.9 Å². The van der Waals surface area contributed by atoms with Crippen LogP contribution in [0.25, 0.3) is 0 Å². The van der Waals surface area contributed by atoms with Gasteiger partial charge in [0.1, 0.15) is 6.10 Å². The second-order valence-electron chi connectivity index (χ2n) is 3.46. The van der Waals surface area contributed by atoms with Crippen molar-refractivity contribution in [3.63, 3.8) is 0 Å². The van der Waals surface area contributed by atoms with Crippen LogP contribution in [0.2, 0.25) is 0 Å². The molecule has 1 aromatic rings. The van der Waals surface area contributed by atoms with Gasteiger partial charge in [-0.3, -0.25) is 0 Å². The van der Waals surface area contributed by atoms with Crippen LogP contribution in [-0.4, -0.2) is 37.4 Å². The summed E-state index contributed by atoms with van der Waals surface area (Å²) in [4.78, 5) is 0. The number of hydrogen-bond donors (Lipinski definition) is 5. The number of para-hydroxylation sites is 2. The quantitative estimate of drug-likeness (QED) is 0.329. The fraction of sp³-hybridized carbons (Fsp3) is 0.167. The second kappa shape index (κ2) is 5.49. The van der Waals surface area contributed by atoms with Gasteiger partial charge in [0, 0.05) is 0 Å². The third-order valence-electron chi connectivity index (χ3n) is 2.06. The monoisotopic (exact) mass is 238 g/mol. The van der Waals surface area contributed by atoms with Gasteiger partial charge in [0.25, 0.3) is 0 Å². The lowest BCUT2D eigenvalue weighted by Gasteiger charge is -2.23. The van der Waals surface area contributed by atoms with Crippen molar-refractivity contribution < 1.29 is 25.5 Å². The molecule has 1 aromatic carbocycles. The fourth-order valence-corrected chi connectivity index (χ4v) is 1.07. The Bertz CT molecular complexity index is 402. The van der Waals surface area contributed by atoms with E-state index in [2.05, 4.69) is 0 Å². The van der Waals surface area contributed by atoms with E-state index in [1.165, 1.54) is 24.3 Å². The van der Waals surface area contributed by atoms with E-state index in [1.54, 1.807) is 18.2 Å². The first-order chi connectivity index (χ1) is 7.93. The number of aliphatic hydroxyl groups excluding tert-OH is 1. The summed E-state index contributed by atoms with van der Waals surface area (Å²) in [5.74, 6) is -2.23. The molecule has 5 N–H and O–H groups in total. The summed E-state index contributed by atoms with van der Waals surface area (Å²) >= 11 is 0. The Morgan fingerprint density at radius 2 is 1.47 bits per heavy atom. The van der Waals surface area contributed by atoms with Gasteiger partial charge < -0.3 is 25.5 Å². The maximum absolute atomic E-state index is 8.81. The van der Waals surface area contributed by atoms with E-state index in [-0.39, 0.29) is 11.5 Å². The minimum Gasteiger partial charge on any atom is -0.504 e. The molecule has 0 saturated heterocycles. The molecule has 1 aliphatic carbocycles. The first-order valence-corrected chi connectivity index (χ1v) is 4.89. The number of aromatic hydroxyl groups is 2. The molecule has 0 radical (unpaired) electrons. The average Bonchev–Trinajstić information content (AvgIpc) is 2.28. The molecule has 1 atom stereocenters. The topological polar surface area (TPSA) is 101 Å². The van der Waals surface area contributed by atoms with E-state index in [1.807, 2.05) is 0 Å². The lowest BCUT2D eigenvalue weighted by molar-refractivity contribution is -0.174. The first kappa shape index (κ1) is 13.2. The zero-order valence-corrected chi connectivity index (χ0v) is 8.93. The van der Waals surface area contributed by atoms with E-state index < -0.39 is 11.9 Å². The molecule has 0 fully saturated rings. The van der Waals surface area contributed by atoms with E-state index in [9.17, 15) is 0 Å². The number of allylic oxidation sites excluding steroid dienone is 2. The molecule has 0 bridgehead atoms. The SMILES string of the molecule is OC1C=CC=CC1(O)O.Oc1ccccc1O. The van der Waals surface area contributed by atoms with Gasteiger partial charge in [-0.25, -0.2) is 0 Å². The van der Waals surface area contributed by atoms with Crippen molar-refractivity contribution in [2.75, 3.05) is 0 Å². The molecular weight excluding hydrogens is 224 g/mol. The van der Waals surface area contributed by atoms with Gasteiger partial charge in [0.15, 0.2) is 11.5 Å². The normalized spacial score (nSPS) is 20.5. The van der Waals surface area contributed by atoms with Crippen LogP contribution in [0, 0.1) is 0 Å². The van der Waals surface area contributed by atoms with E-state index in [0.717, 1.165) is 6.08 Å². The van der Waals surface area contributed by atoms with Crippen molar-refractivity contribution in [1.29, 1.82) is 0 Å². The average molecular weight is 238 g/mol. The van der Waals surface area contributed by atoms with Crippen LogP contribution in [-0.2, 0) is 0 Å². The fourth-order valence-electron chi connectivity index (χ4n) is 1.07. The molecule has 0 saturated carbocycles. The number of benzene rings is 1. The van der Waals surface area contributed by atoms with Crippen LogP contribution in [0.1, 0.15) is 0 Å². The Kier molecular flexibility index (Phi) is 4.28. The van der Waals surface area contributed by atoms with E-state index in [0.29, 0.717) is 0 Å². The highest BCUT2D eigenvalue weighted by atomic mass is 16.5. The molecule has 0 aromatic heterocycles. The Balaban J connectivity index is 0.000000171. The summed E-state index contributed by atoms with van der Waals surface area (Å²) in [5.41, 5.74) is 0. The van der Waals surface area contributed by atoms with Gasteiger partial charge in [-0.05, 0) is 18.2 Å². The van der Waals surface area contributed by atoms with Crippen LogP contribution >= 0.6 is 0 Å². The molecule has 1 unspecified atom stereocenters. The van der Waals surface area contributed by atoms with Crippen LogP contribution in [0.3, 0.4) is 0 Å². The van der Waals surface area contributed by atoms with Gasteiger partial charge in [-0.2, -0.15) is 0 Å². The molecule has 0 spiro atoms. The summed E-state index contributed by atoms with van der Waals surface area (Å²) in [6.07, 6.45) is 4.24. The number of rotatable bonds is 0. The van der Waals surface area contributed by atoms with Crippen LogP contribution in [0.4, 0.5) is 0 Å². The van der Waals surface area contributed by atoms with Crippen molar-refractivity contribution in [3.8, 4) is 11.5 Å². The van der Waals surface area contributed by atoms with Crippen molar-refractivity contribution in [2.24, 2.45) is 0 Å². The van der Waals surface area contributed by atoms with Crippen molar-refractivity contribution in [1.82, 2.24) is 0 Å². The lowest BCUT2D eigenvalue weighted by Crippen LogP contribution is -2.39. The third-order valence-corrected chi connectivity index (χ3v) is 2.06. The maximum Gasteiger partial charge on any atom is 0.213 e. The highest BCUT2D eigenvalue weighted by molar-refractivity contribution is 5.36. The summed E-state index contributed by atoms with van der Waals surface area (Å²) in [7, 11) is 0. The summed E-state index contributed by atoms with van der Waals surface area (Å²) in [6.45, 7) is 0. The summed E-state index contributed by atoms with van der Waals surface area (Å²) in [6, 6.07) is 6.15. The molecule has 0 amide bonds. The molecular formula is C12H14O5. The van der Waals surface area contributed by atoms with Crippen molar-refractivity contribution in [3.05, 3.63) is 48.6 Å². The predicted molar refractivity (Wildman–Crippen MR) is 61.2 cm³/mol. The number of phenolic OH excluding ortho intramolecular Hbond substituents is 2. The molecule has 0 heterocycles. The Morgan fingerprint density at radius 3 is 1.76 bits per heavy atom. The first-order valence-electron chi connectivity index (χ1n) is 4.89. The van der Waals surface area contributed by atoms with Gasteiger partial charge >= 0.3 is 0 Å². The molecule has 5 nitrogen and oxygen atoms in total. The summed E-state index contributed by atoms with van der Waals surface area (Å²) < 4.78 is 0. The Labute approximate surface area is 98.2 Å². The standard InChI is InChI=1S/C6H8O3.C6H6O2/c7-5-3-1-2-4-6(5,8)9;7-5-3-1-2-4-6(5)8/h1-5,7-9H;1-4,7-8H. The lowest BCUT2D eigenvalue weighted by atomic mass is 10.1. The van der Waals surface area contributed by atoms with Gasteiger partial charge in [0.2, 0.25) is 5.79 Å². The Hall–Kier alpha value is -1.82. The minimum absolute atomic E-state index is 0.0764. The highest BCUT2D eigenvalue weighted by Gasteiger charge is 2.28. The second-order valence-corrected chi connectivity index (χ2v) is 3.46.